The molecular weight excluding hydrogens is 208 g/mol. The van der Waals surface area contributed by atoms with Gasteiger partial charge in [0.25, 0.3) is 0 Å². The molecule has 0 bridgehead atoms. The molecule has 1 unspecified atom stereocenters. The van der Waals surface area contributed by atoms with E-state index in [-0.39, 0.29) is 0 Å². The molecule has 0 amide bonds. The second-order valence-corrected chi connectivity index (χ2v) is 3.53. The van der Waals surface area contributed by atoms with E-state index >= 15 is 0 Å². The fourth-order valence-electron chi connectivity index (χ4n) is 1.26. The molecule has 4 nitrogen and oxygen atoms in total. The second-order valence-electron chi connectivity index (χ2n) is 3.53. The number of hydrogen-bond donors (Lipinski definition) is 0. The predicted molar refractivity (Wildman–Crippen MR) is 62.0 cm³/mol. The Bertz CT molecular complexity index is 221. The molecule has 0 aliphatic rings. The van der Waals surface area contributed by atoms with Gasteiger partial charge in [0.2, 0.25) is 0 Å². The van der Waals surface area contributed by atoms with E-state index in [1.165, 1.54) is 0 Å². The van der Waals surface area contributed by atoms with E-state index in [4.69, 9.17) is 14.2 Å². The van der Waals surface area contributed by atoms with Crippen LogP contribution in [0.15, 0.2) is 12.7 Å². The van der Waals surface area contributed by atoms with Gasteiger partial charge in [0, 0.05) is 19.3 Å². The highest BCUT2D eigenvalue weighted by molar-refractivity contribution is 5.81. The van der Waals surface area contributed by atoms with Gasteiger partial charge in [0.05, 0.1) is 0 Å². The molecule has 0 aliphatic heterocycles. The quantitative estimate of drug-likeness (QED) is 0.364. The molecule has 16 heavy (non-hydrogen) atoms. The summed E-state index contributed by atoms with van der Waals surface area (Å²) in [4.78, 5) is 11.2. The first-order valence-corrected chi connectivity index (χ1v) is 5.62. The molecule has 0 saturated heterocycles. The third-order valence-corrected chi connectivity index (χ3v) is 2.34. The van der Waals surface area contributed by atoms with Crippen LogP contribution in [-0.4, -0.2) is 31.1 Å². The van der Waals surface area contributed by atoms with Gasteiger partial charge in [-0.3, -0.25) is 0 Å². The predicted octanol–water partition coefficient (Wildman–Crippen LogP) is 2.28. The van der Waals surface area contributed by atoms with Crippen molar-refractivity contribution in [2.45, 2.75) is 46.0 Å². The van der Waals surface area contributed by atoms with Crippen molar-refractivity contribution in [2.75, 3.05) is 13.2 Å². The molecule has 0 heterocycles. The number of carbonyl (C=O) groups is 1. The van der Waals surface area contributed by atoms with Crippen LogP contribution >= 0.6 is 0 Å². The van der Waals surface area contributed by atoms with E-state index in [2.05, 4.69) is 6.58 Å². The van der Waals surface area contributed by atoms with Crippen LogP contribution in [0.5, 0.6) is 0 Å². The zero-order valence-electron chi connectivity index (χ0n) is 10.6. The molecule has 0 fully saturated rings. The van der Waals surface area contributed by atoms with E-state index < -0.39 is 17.9 Å². The topological polar surface area (TPSA) is 44.8 Å². The fraction of sp³-hybridized carbons (Fsp3) is 0.750. The zero-order valence-corrected chi connectivity index (χ0v) is 10.6. The van der Waals surface area contributed by atoms with Crippen LogP contribution in [0.3, 0.4) is 0 Å². The summed E-state index contributed by atoms with van der Waals surface area (Å²) in [5.74, 6) is -0.464. The highest BCUT2D eigenvalue weighted by Gasteiger charge is 2.37. The van der Waals surface area contributed by atoms with Gasteiger partial charge in [-0.2, -0.15) is 0 Å². The van der Waals surface area contributed by atoms with Gasteiger partial charge < -0.3 is 14.2 Å². The summed E-state index contributed by atoms with van der Waals surface area (Å²) in [5, 5.41) is 0. The molecule has 0 aromatic carbocycles. The zero-order chi connectivity index (χ0) is 12.6. The number of rotatable bonds is 8. The van der Waals surface area contributed by atoms with Crippen molar-refractivity contribution in [3.63, 3.8) is 0 Å². The molecule has 0 aromatic heterocycles. The summed E-state index contributed by atoms with van der Waals surface area (Å²) < 4.78 is 16.2. The lowest BCUT2D eigenvalue weighted by molar-refractivity contribution is -0.240. The molecule has 0 saturated carbocycles. The second kappa shape index (κ2) is 7.41. The molecule has 0 aromatic rings. The Kier molecular flexibility index (Phi) is 7.01. The molecule has 1 atom stereocenters. The SMILES string of the molecule is C=CC(=O)OC(C)(CC)C(OCC)OCC. The van der Waals surface area contributed by atoms with Crippen molar-refractivity contribution >= 4 is 5.97 Å². The molecule has 0 radical (unpaired) electrons. The van der Waals surface area contributed by atoms with Crippen LogP contribution in [0.1, 0.15) is 34.1 Å². The Hall–Kier alpha value is -0.870. The average Bonchev–Trinajstić information content (AvgIpc) is 2.28. The van der Waals surface area contributed by atoms with E-state index in [9.17, 15) is 4.79 Å². The Balaban J connectivity index is 4.70. The monoisotopic (exact) mass is 230 g/mol. The summed E-state index contributed by atoms with van der Waals surface area (Å²) in [6.07, 6.45) is 1.21. The molecule has 4 heteroatoms. The number of esters is 1. The summed E-state index contributed by atoms with van der Waals surface area (Å²) >= 11 is 0. The first-order chi connectivity index (χ1) is 7.53. The maximum absolute atomic E-state index is 11.2. The lowest BCUT2D eigenvalue weighted by Crippen LogP contribution is -2.46. The van der Waals surface area contributed by atoms with Crippen molar-refractivity contribution in [2.24, 2.45) is 0 Å². The molecule has 0 N–H and O–H groups in total. The number of ether oxygens (including phenoxy) is 3. The van der Waals surface area contributed by atoms with Crippen molar-refractivity contribution < 1.29 is 19.0 Å². The van der Waals surface area contributed by atoms with Crippen LogP contribution in [-0.2, 0) is 19.0 Å². The largest absolute Gasteiger partial charge is 0.451 e. The lowest BCUT2D eigenvalue weighted by atomic mass is 10.0. The maximum Gasteiger partial charge on any atom is 0.330 e. The average molecular weight is 230 g/mol. The maximum atomic E-state index is 11.2. The van der Waals surface area contributed by atoms with Crippen LogP contribution in [0.2, 0.25) is 0 Å². The first-order valence-electron chi connectivity index (χ1n) is 5.62. The van der Waals surface area contributed by atoms with Crippen molar-refractivity contribution in [3.05, 3.63) is 12.7 Å². The lowest BCUT2D eigenvalue weighted by Gasteiger charge is -2.35. The smallest absolute Gasteiger partial charge is 0.330 e. The Morgan fingerprint density at radius 2 is 1.81 bits per heavy atom. The third kappa shape index (κ3) is 4.33. The molecule has 0 aliphatic carbocycles. The van der Waals surface area contributed by atoms with Crippen LogP contribution in [0.25, 0.3) is 0 Å². The minimum absolute atomic E-state index is 0.464. The van der Waals surface area contributed by atoms with E-state index in [0.717, 1.165) is 6.08 Å². The van der Waals surface area contributed by atoms with Gasteiger partial charge >= 0.3 is 5.97 Å². The van der Waals surface area contributed by atoms with Crippen molar-refractivity contribution in [1.29, 1.82) is 0 Å². The highest BCUT2D eigenvalue weighted by Crippen LogP contribution is 2.24. The van der Waals surface area contributed by atoms with Crippen molar-refractivity contribution in [3.8, 4) is 0 Å². The summed E-state index contributed by atoms with van der Waals surface area (Å²) in [7, 11) is 0. The fourth-order valence-corrected chi connectivity index (χ4v) is 1.26. The van der Waals surface area contributed by atoms with Crippen molar-refractivity contribution in [1.82, 2.24) is 0 Å². The minimum atomic E-state index is -0.780. The van der Waals surface area contributed by atoms with E-state index in [1.54, 1.807) is 6.92 Å². The van der Waals surface area contributed by atoms with Gasteiger partial charge in [-0.1, -0.05) is 13.5 Å². The Morgan fingerprint density at radius 1 is 1.31 bits per heavy atom. The third-order valence-electron chi connectivity index (χ3n) is 2.34. The molecule has 94 valence electrons. The summed E-state index contributed by atoms with van der Waals surface area (Å²) in [5.41, 5.74) is -0.780. The summed E-state index contributed by atoms with van der Waals surface area (Å²) in [6, 6.07) is 0. The van der Waals surface area contributed by atoms with Gasteiger partial charge in [0.1, 0.15) is 0 Å². The van der Waals surface area contributed by atoms with Crippen LogP contribution < -0.4 is 0 Å². The number of carbonyl (C=O) groups excluding carboxylic acids is 1. The first kappa shape index (κ1) is 15.1. The van der Waals surface area contributed by atoms with Gasteiger partial charge in [-0.05, 0) is 27.2 Å². The Morgan fingerprint density at radius 3 is 2.12 bits per heavy atom. The number of hydrogen-bond acceptors (Lipinski definition) is 4. The van der Waals surface area contributed by atoms with E-state index in [0.29, 0.717) is 19.6 Å². The normalized spacial score (nSPS) is 14.6. The van der Waals surface area contributed by atoms with Crippen LogP contribution in [0, 0.1) is 0 Å². The van der Waals surface area contributed by atoms with Gasteiger partial charge in [0.15, 0.2) is 11.9 Å². The molecule has 0 rings (SSSR count). The molecule has 0 spiro atoms. The van der Waals surface area contributed by atoms with Gasteiger partial charge in [-0.25, -0.2) is 4.79 Å². The minimum Gasteiger partial charge on any atom is -0.451 e. The molecular formula is C12H22O4. The highest BCUT2D eigenvalue weighted by atomic mass is 16.7. The van der Waals surface area contributed by atoms with Gasteiger partial charge in [-0.15, -0.1) is 0 Å². The standard InChI is InChI=1S/C12H22O4/c1-6-10(13)16-12(5,7-2)11(14-8-3)15-9-4/h6,11H,1,7-9H2,2-5H3. The summed E-state index contributed by atoms with van der Waals surface area (Å²) in [6.45, 7) is 11.8. The Labute approximate surface area is 97.6 Å². The van der Waals surface area contributed by atoms with E-state index in [1.807, 2.05) is 20.8 Å². The van der Waals surface area contributed by atoms with Crippen LogP contribution in [0.4, 0.5) is 0 Å².